The Morgan fingerprint density at radius 3 is 2.86 bits per heavy atom. The molecule has 1 aliphatic heterocycles. The molecule has 120 valence electrons. The van der Waals surface area contributed by atoms with Gasteiger partial charge in [-0.2, -0.15) is 0 Å². The summed E-state index contributed by atoms with van der Waals surface area (Å²) in [5, 5.41) is 3.15. The molecule has 7 heteroatoms. The molecule has 1 unspecified atom stereocenters. The van der Waals surface area contributed by atoms with Crippen molar-refractivity contribution in [1.82, 2.24) is 10.2 Å². The Bertz CT molecular complexity index is 592. The minimum atomic E-state index is -0.308. The van der Waals surface area contributed by atoms with Gasteiger partial charge in [0.15, 0.2) is 0 Å². The molecule has 1 saturated heterocycles. The lowest BCUT2D eigenvalue weighted by Crippen LogP contribution is -2.42. The fourth-order valence-corrected chi connectivity index (χ4v) is 2.65. The molecule has 1 atom stereocenters. The second-order valence-electron chi connectivity index (χ2n) is 5.39. The molecule has 2 amide bonds. The fourth-order valence-electron chi connectivity index (χ4n) is 2.49. The van der Waals surface area contributed by atoms with E-state index >= 15 is 0 Å². The van der Waals surface area contributed by atoms with Gasteiger partial charge in [0, 0.05) is 31.6 Å². The molecule has 0 bridgehead atoms. The second kappa shape index (κ2) is 6.87. The van der Waals surface area contributed by atoms with Crippen LogP contribution in [0.25, 0.3) is 0 Å². The van der Waals surface area contributed by atoms with Crippen LogP contribution < -0.4 is 15.8 Å². The smallest absolute Gasteiger partial charge is 0.255 e. The molecule has 1 aromatic carbocycles. The second-order valence-corrected chi connectivity index (χ2v) is 5.80. The lowest BCUT2D eigenvalue weighted by molar-refractivity contribution is -0.127. The molecule has 0 aromatic heterocycles. The number of rotatable bonds is 5. The van der Waals surface area contributed by atoms with Crippen molar-refractivity contribution in [2.75, 3.05) is 25.9 Å². The van der Waals surface area contributed by atoms with Crippen LogP contribution in [0.4, 0.5) is 5.69 Å². The normalized spacial score (nSPS) is 15.8. The van der Waals surface area contributed by atoms with Crippen LogP contribution in [0.2, 0.25) is 5.02 Å². The van der Waals surface area contributed by atoms with Crippen molar-refractivity contribution in [1.29, 1.82) is 0 Å². The van der Waals surface area contributed by atoms with E-state index in [1.807, 2.05) is 6.92 Å². The molecule has 22 heavy (non-hydrogen) atoms. The van der Waals surface area contributed by atoms with Gasteiger partial charge in [0.05, 0.1) is 23.4 Å². The van der Waals surface area contributed by atoms with E-state index in [0.29, 0.717) is 35.0 Å². The number of anilines is 1. The molecule has 0 spiro atoms. The molecular weight excluding hydrogens is 306 g/mol. The van der Waals surface area contributed by atoms with Crippen molar-refractivity contribution < 1.29 is 14.3 Å². The van der Waals surface area contributed by atoms with Crippen molar-refractivity contribution in [2.24, 2.45) is 0 Å². The van der Waals surface area contributed by atoms with E-state index in [0.717, 1.165) is 13.0 Å². The Morgan fingerprint density at radius 2 is 2.27 bits per heavy atom. The van der Waals surface area contributed by atoms with E-state index in [1.165, 1.54) is 19.2 Å². The van der Waals surface area contributed by atoms with Gasteiger partial charge in [-0.3, -0.25) is 9.59 Å². The Kier molecular flexibility index (Phi) is 5.13. The number of methoxy groups -OCH3 is 1. The number of nitrogens with one attached hydrogen (secondary N) is 1. The van der Waals surface area contributed by atoms with Gasteiger partial charge in [0.2, 0.25) is 5.91 Å². The number of carbonyl (C=O) groups excluding carboxylic acids is 2. The van der Waals surface area contributed by atoms with Gasteiger partial charge in [-0.1, -0.05) is 11.6 Å². The molecule has 0 aliphatic carbocycles. The first kappa shape index (κ1) is 16.4. The summed E-state index contributed by atoms with van der Waals surface area (Å²) in [5.41, 5.74) is 6.38. The Labute approximate surface area is 134 Å². The number of nitrogens with zero attached hydrogens (tertiary/aromatic N) is 1. The molecule has 0 saturated carbocycles. The summed E-state index contributed by atoms with van der Waals surface area (Å²) in [4.78, 5) is 25.7. The predicted molar refractivity (Wildman–Crippen MR) is 85.2 cm³/mol. The highest BCUT2D eigenvalue weighted by molar-refractivity contribution is 6.33. The van der Waals surface area contributed by atoms with Gasteiger partial charge >= 0.3 is 0 Å². The number of amides is 2. The molecule has 0 radical (unpaired) electrons. The molecule has 6 nitrogen and oxygen atoms in total. The van der Waals surface area contributed by atoms with E-state index in [1.54, 1.807) is 4.90 Å². The largest absolute Gasteiger partial charge is 0.496 e. The summed E-state index contributed by atoms with van der Waals surface area (Å²) < 4.78 is 5.17. The van der Waals surface area contributed by atoms with E-state index in [2.05, 4.69) is 5.32 Å². The van der Waals surface area contributed by atoms with Crippen molar-refractivity contribution in [3.05, 3.63) is 22.7 Å². The van der Waals surface area contributed by atoms with Gasteiger partial charge in [-0.05, 0) is 19.4 Å². The highest BCUT2D eigenvalue weighted by Crippen LogP contribution is 2.28. The standard InChI is InChI=1S/C15H20ClN3O3/c1-9(8-19-5-3-4-14(19)20)18-15(21)10-6-11(16)12(17)7-13(10)22-2/h6-7,9H,3-5,8,17H2,1-2H3,(H,18,21). The molecule has 1 aliphatic rings. The number of ether oxygens (including phenoxy) is 1. The SMILES string of the molecule is COc1cc(N)c(Cl)cc1C(=O)NC(C)CN1CCCC1=O. The maximum Gasteiger partial charge on any atom is 0.255 e. The summed E-state index contributed by atoms with van der Waals surface area (Å²) >= 11 is 5.97. The van der Waals surface area contributed by atoms with Gasteiger partial charge in [-0.15, -0.1) is 0 Å². The Morgan fingerprint density at radius 1 is 1.55 bits per heavy atom. The van der Waals surface area contributed by atoms with Gasteiger partial charge in [0.25, 0.3) is 5.91 Å². The number of halogens is 1. The quantitative estimate of drug-likeness (QED) is 0.806. The summed E-state index contributed by atoms with van der Waals surface area (Å²) in [6, 6.07) is 2.83. The first-order chi connectivity index (χ1) is 10.4. The van der Waals surface area contributed by atoms with E-state index < -0.39 is 0 Å². The predicted octanol–water partition coefficient (Wildman–Crippen LogP) is 1.67. The number of hydrogen-bond donors (Lipinski definition) is 2. The fraction of sp³-hybridized carbons (Fsp3) is 0.467. The van der Waals surface area contributed by atoms with Crippen LogP contribution in [-0.4, -0.2) is 43.0 Å². The van der Waals surface area contributed by atoms with Crippen molar-refractivity contribution in [3.63, 3.8) is 0 Å². The third-order valence-corrected chi connectivity index (χ3v) is 3.93. The van der Waals surface area contributed by atoms with Gasteiger partial charge in [0.1, 0.15) is 5.75 Å². The monoisotopic (exact) mass is 325 g/mol. The molecule has 2 rings (SSSR count). The summed E-state index contributed by atoms with van der Waals surface area (Å²) in [6.45, 7) is 3.10. The zero-order valence-electron chi connectivity index (χ0n) is 12.7. The molecule has 3 N–H and O–H groups in total. The number of benzene rings is 1. The van der Waals surface area contributed by atoms with Crippen LogP contribution in [0.5, 0.6) is 5.75 Å². The zero-order chi connectivity index (χ0) is 16.3. The maximum absolute atomic E-state index is 12.4. The van der Waals surface area contributed by atoms with Crippen LogP contribution in [0.3, 0.4) is 0 Å². The zero-order valence-corrected chi connectivity index (χ0v) is 13.4. The van der Waals surface area contributed by atoms with Crippen molar-refractivity contribution >= 4 is 29.1 Å². The van der Waals surface area contributed by atoms with Crippen LogP contribution in [0.1, 0.15) is 30.1 Å². The van der Waals surface area contributed by atoms with Crippen molar-refractivity contribution in [3.8, 4) is 5.75 Å². The first-order valence-corrected chi connectivity index (χ1v) is 7.51. The van der Waals surface area contributed by atoms with Crippen LogP contribution in [-0.2, 0) is 4.79 Å². The molecule has 1 fully saturated rings. The third kappa shape index (κ3) is 3.62. The molecular formula is C15H20ClN3O3. The van der Waals surface area contributed by atoms with Gasteiger partial charge in [-0.25, -0.2) is 0 Å². The number of hydrogen-bond acceptors (Lipinski definition) is 4. The Hall–Kier alpha value is -1.95. The lowest BCUT2D eigenvalue weighted by atomic mass is 10.1. The minimum absolute atomic E-state index is 0.134. The van der Waals surface area contributed by atoms with Crippen LogP contribution in [0, 0.1) is 0 Å². The van der Waals surface area contributed by atoms with Crippen LogP contribution >= 0.6 is 11.6 Å². The van der Waals surface area contributed by atoms with Crippen LogP contribution in [0.15, 0.2) is 12.1 Å². The summed E-state index contributed by atoms with van der Waals surface area (Å²) in [7, 11) is 1.46. The topological polar surface area (TPSA) is 84.7 Å². The first-order valence-electron chi connectivity index (χ1n) is 7.14. The Balaban J connectivity index is 2.05. The average Bonchev–Trinajstić information content (AvgIpc) is 2.86. The van der Waals surface area contributed by atoms with E-state index in [9.17, 15) is 9.59 Å². The number of nitrogens with two attached hydrogens (primary N) is 1. The number of carbonyl (C=O) groups is 2. The van der Waals surface area contributed by atoms with Crippen molar-refractivity contribution in [2.45, 2.75) is 25.8 Å². The number of nitrogen functional groups attached to an aromatic ring is 1. The molecule has 1 heterocycles. The highest BCUT2D eigenvalue weighted by Gasteiger charge is 2.23. The average molecular weight is 326 g/mol. The number of likely N-dealkylation sites (tertiary alicyclic amines) is 1. The summed E-state index contributed by atoms with van der Waals surface area (Å²) in [6.07, 6.45) is 1.46. The van der Waals surface area contributed by atoms with E-state index in [-0.39, 0.29) is 17.9 Å². The lowest BCUT2D eigenvalue weighted by Gasteiger charge is -2.22. The maximum atomic E-state index is 12.4. The summed E-state index contributed by atoms with van der Waals surface area (Å²) in [5.74, 6) is 0.191. The minimum Gasteiger partial charge on any atom is -0.496 e. The van der Waals surface area contributed by atoms with E-state index in [4.69, 9.17) is 22.1 Å². The van der Waals surface area contributed by atoms with Gasteiger partial charge < -0.3 is 20.7 Å². The third-order valence-electron chi connectivity index (χ3n) is 3.61. The highest BCUT2D eigenvalue weighted by atomic mass is 35.5. The molecule has 1 aromatic rings.